The zero-order chi connectivity index (χ0) is 19.0. The molecule has 2 aromatic rings. The zero-order valence-electron chi connectivity index (χ0n) is 15.0. The van der Waals surface area contributed by atoms with E-state index in [1.54, 1.807) is 30.3 Å². The van der Waals surface area contributed by atoms with Gasteiger partial charge in [0.2, 0.25) is 5.91 Å². The number of aromatic carboxylic acids is 1. The molecule has 1 saturated carbocycles. The normalized spacial score (nSPS) is 20.9. The number of halogens is 1. The summed E-state index contributed by atoms with van der Waals surface area (Å²) in [6.45, 7) is 1.29. The van der Waals surface area contributed by atoms with Gasteiger partial charge in [-0.15, -0.1) is 0 Å². The van der Waals surface area contributed by atoms with Crippen molar-refractivity contribution < 1.29 is 19.1 Å². The molecule has 1 heterocycles. The quantitative estimate of drug-likeness (QED) is 0.890. The highest BCUT2D eigenvalue weighted by molar-refractivity contribution is 5.91. The van der Waals surface area contributed by atoms with E-state index in [1.165, 1.54) is 6.07 Å². The Bertz CT molecular complexity index is 873. The molecule has 27 heavy (non-hydrogen) atoms. The maximum Gasteiger partial charge on any atom is 0.335 e. The molecule has 1 aliphatic carbocycles. The summed E-state index contributed by atoms with van der Waals surface area (Å²) in [7, 11) is 0. The molecule has 1 aliphatic heterocycles. The number of amides is 1. The Morgan fingerprint density at radius 3 is 2.41 bits per heavy atom. The molecular weight excluding hydrogens is 345 g/mol. The monoisotopic (exact) mass is 367 g/mol. The summed E-state index contributed by atoms with van der Waals surface area (Å²) in [5.41, 5.74) is 1.13. The van der Waals surface area contributed by atoms with Gasteiger partial charge in [-0.05, 0) is 49.4 Å². The zero-order valence-corrected chi connectivity index (χ0v) is 15.0. The number of hydrogen-bond donors (Lipinski definition) is 1. The summed E-state index contributed by atoms with van der Waals surface area (Å²) in [6.07, 6.45) is 3.25. The van der Waals surface area contributed by atoms with Crippen molar-refractivity contribution in [3.05, 3.63) is 71.0 Å². The maximum atomic E-state index is 14.3. The van der Waals surface area contributed by atoms with Crippen LogP contribution in [0.1, 0.15) is 53.1 Å². The molecule has 0 aromatic heterocycles. The summed E-state index contributed by atoms with van der Waals surface area (Å²) in [5, 5.41) is 9.04. The molecule has 0 radical (unpaired) electrons. The molecule has 2 aromatic carbocycles. The van der Waals surface area contributed by atoms with E-state index in [9.17, 15) is 14.0 Å². The Kier molecular flexibility index (Phi) is 4.46. The highest BCUT2D eigenvalue weighted by Gasteiger charge is 2.54. The number of rotatable bonds is 4. The van der Waals surface area contributed by atoms with Gasteiger partial charge in [-0.3, -0.25) is 4.79 Å². The second kappa shape index (κ2) is 6.80. The highest BCUT2D eigenvalue weighted by Crippen LogP contribution is 2.51. The second-order valence-corrected chi connectivity index (χ2v) is 7.58. The van der Waals surface area contributed by atoms with Crippen molar-refractivity contribution in [2.75, 3.05) is 13.1 Å². The van der Waals surface area contributed by atoms with Gasteiger partial charge in [-0.1, -0.05) is 30.3 Å². The lowest BCUT2D eigenvalue weighted by Gasteiger charge is -2.35. The molecule has 2 fully saturated rings. The van der Waals surface area contributed by atoms with Crippen molar-refractivity contribution in [3.8, 4) is 0 Å². The van der Waals surface area contributed by atoms with Crippen molar-refractivity contribution in [1.82, 2.24) is 4.90 Å². The van der Waals surface area contributed by atoms with E-state index in [4.69, 9.17) is 5.11 Å². The lowest BCUT2D eigenvalue weighted by atomic mass is 9.87. The van der Waals surface area contributed by atoms with Gasteiger partial charge in [0.1, 0.15) is 5.82 Å². The van der Waals surface area contributed by atoms with Gasteiger partial charge in [0.25, 0.3) is 0 Å². The number of piperidine rings is 1. The summed E-state index contributed by atoms with van der Waals surface area (Å²) in [5.74, 6) is -1.04. The third-order valence-electron chi connectivity index (χ3n) is 5.89. The number of carboxylic acid groups (broad SMARTS) is 1. The first-order valence-electron chi connectivity index (χ1n) is 9.39. The summed E-state index contributed by atoms with van der Waals surface area (Å²) in [6, 6.07) is 13.5. The number of likely N-dealkylation sites (tertiary alicyclic amines) is 1. The summed E-state index contributed by atoms with van der Waals surface area (Å²) >= 11 is 0. The van der Waals surface area contributed by atoms with Crippen molar-refractivity contribution in [3.63, 3.8) is 0 Å². The SMILES string of the molecule is O=C(O)c1ccc(C2CCCN(C(=O)C3(c4ccccc4F)CC3)C2)cc1. The first-order chi connectivity index (χ1) is 13.0. The molecule has 4 rings (SSSR count). The van der Waals surface area contributed by atoms with E-state index in [2.05, 4.69) is 0 Å². The Balaban J connectivity index is 1.52. The van der Waals surface area contributed by atoms with E-state index in [1.807, 2.05) is 17.0 Å². The molecule has 1 unspecified atom stereocenters. The molecule has 1 amide bonds. The van der Waals surface area contributed by atoms with E-state index in [-0.39, 0.29) is 23.2 Å². The average molecular weight is 367 g/mol. The Morgan fingerprint density at radius 2 is 1.78 bits per heavy atom. The average Bonchev–Trinajstić information content (AvgIpc) is 3.50. The molecular formula is C22H22FNO3. The van der Waals surface area contributed by atoms with Crippen molar-refractivity contribution in [2.24, 2.45) is 0 Å². The third kappa shape index (κ3) is 3.22. The van der Waals surface area contributed by atoms with E-state index >= 15 is 0 Å². The highest BCUT2D eigenvalue weighted by atomic mass is 19.1. The minimum atomic E-state index is -0.942. The van der Waals surface area contributed by atoms with Crippen LogP contribution in [0.4, 0.5) is 4.39 Å². The minimum absolute atomic E-state index is 0.0273. The van der Waals surface area contributed by atoms with Gasteiger partial charge < -0.3 is 10.0 Å². The predicted octanol–water partition coefficient (Wildman–Crippen LogP) is 3.96. The number of carbonyl (C=O) groups excluding carboxylic acids is 1. The largest absolute Gasteiger partial charge is 0.478 e. The van der Waals surface area contributed by atoms with Crippen LogP contribution in [0.3, 0.4) is 0 Å². The summed E-state index contributed by atoms with van der Waals surface area (Å²) in [4.78, 5) is 26.1. The van der Waals surface area contributed by atoms with Gasteiger partial charge in [0.15, 0.2) is 0 Å². The molecule has 1 N–H and O–H groups in total. The second-order valence-electron chi connectivity index (χ2n) is 7.58. The molecule has 0 bridgehead atoms. The van der Waals surface area contributed by atoms with Gasteiger partial charge in [-0.25, -0.2) is 9.18 Å². The van der Waals surface area contributed by atoms with Crippen molar-refractivity contribution >= 4 is 11.9 Å². The van der Waals surface area contributed by atoms with Crippen LogP contribution in [0.5, 0.6) is 0 Å². The van der Waals surface area contributed by atoms with Crippen LogP contribution in [-0.2, 0) is 10.2 Å². The Hall–Kier alpha value is -2.69. The molecule has 1 atom stereocenters. The number of benzene rings is 2. The van der Waals surface area contributed by atoms with Gasteiger partial charge in [0.05, 0.1) is 11.0 Å². The molecule has 140 valence electrons. The molecule has 0 spiro atoms. The van der Waals surface area contributed by atoms with Crippen LogP contribution in [-0.4, -0.2) is 35.0 Å². The number of carboxylic acids is 1. The van der Waals surface area contributed by atoms with Crippen LogP contribution in [0.15, 0.2) is 48.5 Å². The van der Waals surface area contributed by atoms with Crippen LogP contribution in [0.2, 0.25) is 0 Å². The third-order valence-corrected chi connectivity index (χ3v) is 5.89. The van der Waals surface area contributed by atoms with E-state index in [0.717, 1.165) is 18.4 Å². The lowest BCUT2D eigenvalue weighted by molar-refractivity contribution is -0.135. The molecule has 5 heteroatoms. The fourth-order valence-electron chi connectivity index (χ4n) is 4.21. The topological polar surface area (TPSA) is 57.6 Å². The van der Waals surface area contributed by atoms with Crippen molar-refractivity contribution in [2.45, 2.75) is 37.0 Å². The smallest absolute Gasteiger partial charge is 0.335 e. The number of nitrogens with zero attached hydrogens (tertiary/aromatic N) is 1. The van der Waals surface area contributed by atoms with Crippen LogP contribution < -0.4 is 0 Å². The van der Waals surface area contributed by atoms with E-state index in [0.29, 0.717) is 31.5 Å². The molecule has 1 saturated heterocycles. The maximum absolute atomic E-state index is 14.3. The van der Waals surface area contributed by atoms with Crippen molar-refractivity contribution in [1.29, 1.82) is 0 Å². The predicted molar refractivity (Wildman–Crippen MR) is 99.3 cm³/mol. The van der Waals surface area contributed by atoms with Gasteiger partial charge >= 0.3 is 5.97 Å². The molecule has 2 aliphatic rings. The fraction of sp³-hybridized carbons (Fsp3) is 0.364. The number of hydrogen-bond acceptors (Lipinski definition) is 2. The van der Waals surface area contributed by atoms with Crippen LogP contribution in [0.25, 0.3) is 0 Å². The minimum Gasteiger partial charge on any atom is -0.478 e. The van der Waals surface area contributed by atoms with Gasteiger partial charge in [-0.2, -0.15) is 0 Å². The summed E-state index contributed by atoms with van der Waals surface area (Å²) < 4.78 is 14.3. The fourth-order valence-corrected chi connectivity index (χ4v) is 4.21. The molecule has 4 nitrogen and oxygen atoms in total. The Labute approximate surface area is 157 Å². The van der Waals surface area contributed by atoms with Crippen LogP contribution >= 0.6 is 0 Å². The van der Waals surface area contributed by atoms with Crippen LogP contribution in [0, 0.1) is 5.82 Å². The first-order valence-corrected chi connectivity index (χ1v) is 9.39. The number of carbonyl (C=O) groups is 2. The first kappa shape index (κ1) is 17.7. The Morgan fingerprint density at radius 1 is 1.07 bits per heavy atom. The lowest BCUT2D eigenvalue weighted by Crippen LogP contribution is -2.44. The standard InChI is InChI=1S/C22H22FNO3/c23-19-6-2-1-5-18(19)22(11-12-22)21(27)24-13-3-4-17(14-24)15-7-9-16(10-8-15)20(25)26/h1-2,5-10,17H,3-4,11-14H2,(H,25,26). The van der Waals surface area contributed by atoms with E-state index < -0.39 is 11.4 Å². The van der Waals surface area contributed by atoms with Gasteiger partial charge in [0, 0.05) is 24.6 Å².